The minimum absolute atomic E-state index is 0.0205. The Bertz CT molecular complexity index is 2030. The monoisotopic (exact) mass is 1030 g/mol. The number of hydrogen-bond acceptors (Lipinski definition) is 8. The molecule has 10 nitrogen and oxygen atoms in total. The Morgan fingerprint density at radius 1 is 0.647 bits per heavy atom. The number of carbonyl (C=O) groups excluding carboxylic acids is 2. The van der Waals surface area contributed by atoms with E-state index in [-0.39, 0.29) is 28.1 Å². The van der Waals surface area contributed by atoms with E-state index in [0.29, 0.717) is 5.75 Å². The summed E-state index contributed by atoms with van der Waals surface area (Å²) in [6, 6.07) is 10.1. The van der Waals surface area contributed by atoms with Gasteiger partial charge in [0.15, 0.2) is 14.4 Å². The summed E-state index contributed by atoms with van der Waals surface area (Å²) in [7, 11) is -1.40. The minimum atomic E-state index is -8.72. The number of hydroxylamine groups is 1. The van der Waals surface area contributed by atoms with Crippen LogP contribution in [0.4, 0.5) is 85.1 Å². The highest BCUT2D eigenvalue weighted by molar-refractivity contribution is 6.76. The van der Waals surface area contributed by atoms with E-state index >= 15 is 8.78 Å². The number of alkyl halides is 17. The van der Waals surface area contributed by atoms with E-state index in [1.54, 1.807) is 12.1 Å². The molecule has 0 fully saturated rings. The summed E-state index contributed by atoms with van der Waals surface area (Å²) in [6.45, 7) is 6.94. The summed E-state index contributed by atoms with van der Waals surface area (Å²) in [5, 5.41) is 11.7. The molecule has 2 atom stereocenters. The zero-order chi connectivity index (χ0) is 52.9. The molecule has 2 aromatic carbocycles. The number of ether oxygens (including phenoxy) is 4. The fourth-order valence-corrected chi connectivity index (χ4v) is 11.2. The lowest BCUT2D eigenvalue weighted by Crippen LogP contribution is -2.74. The maximum absolute atomic E-state index is 15.0. The highest BCUT2D eigenvalue weighted by Crippen LogP contribution is 2.64. The Morgan fingerprint density at radius 2 is 1.10 bits per heavy atom. The molecular weight excluding hydrogens is 987 g/mol. The van der Waals surface area contributed by atoms with Crippen molar-refractivity contribution < 1.29 is 113 Å². The Hall–Kier alpha value is -4.57. The van der Waals surface area contributed by atoms with Crippen LogP contribution in [-0.4, -0.2) is 107 Å². The molecule has 0 aromatic heterocycles. The largest absolute Gasteiger partial charge is 0.497 e. The van der Waals surface area contributed by atoms with Crippen LogP contribution in [0.5, 0.6) is 11.5 Å². The van der Waals surface area contributed by atoms with Crippen molar-refractivity contribution in [3.05, 3.63) is 65.2 Å². The first-order chi connectivity index (χ1) is 30.8. The molecule has 2 rings (SSSR count). The summed E-state index contributed by atoms with van der Waals surface area (Å²) in [6.07, 6.45) is -13.9. The highest BCUT2D eigenvalue weighted by Gasteiger charge is 2.95. The number of methoxy groups -OCH3 is 2. The van der Waals surface area contributed by atoms with Gasteiger partial charge in [-0.25, -0.2) is 10.3 Å². The molecule has 0 unspecified atom stereocenters. The van der Waals surface area contributed by atoms with Crippen molar-refractivity contribution in [1.82, 2.24) is 5.48 Å². The van der Waals surface area contributed by atoms with Gasteiger partial charge in [-0.15, -0.1) is 0 Å². The van der Waals surface area contributed by atoms with Gasteiger partial charge in [0.1, 0.15) is 24.2 Å². The molecule has 28 heteroatoms. The smallest absolute Gasteiger partial charge is 0.460 e. The summed E-state index contributed by atoms with van der Waals surface area (Å²) in [4.78, 5) is 25.3. The number of nitrogens with one attached hydrogen (secondary N) is 2. The van der Waals surface area contributed by atoms with E-state index in [1.807, 2.05) is 0 Å². The van der Waals surface area contributed by atoms with Crippen molar-refractivity contribution in [2.24, 2.45) is 0 Å². The lowest BCUT2D eigenvalue weighted by molar-refractivity contribution is -0.461. The molecule has 0 spiro atoms. The first-order valence-corrected chi connectivity index (χ1v) is 21.9. The van der Waals surface area contributed by atoms with Crippen LogP contribution in [0.3, 0.4) is 0 Å². The summed E-state index contributed by atoms with van der Waals surface area (Å²) in [5.41, 5.74) is 0.329. The standard InChI is InChI=1S/C40H47F17N2O8Si/c1-21(2)68(22(3)4,20-17-33(41,42)34(43,44)35(45,46)36(47,48)37(49,50)38(51,52)39(53,54)40(55,56)57)66-19-18-65-28-13-9-25(10-14-28)30(29(64-8)23(5)24(6)31(60)59-62)67-32(61)58-26-11-15-27(63-7)16-12-26/h9-16,21-22,29-30,62H,17-20H2,1-8H3,(H,58,61)(H,59,60)/b24-23+/t29-,30-/m1/s1. The lowest BCUT2D eigenvalue weighted by Gasteiger charge is -2.44. The predicted octanol–water partition coefficient (Wildman–Crippen LogP) is 12.4. The highest BCUT2D eigenvalue weighted by atomic mass is 28.4. The Labute approximate surface area is 378 Å². The van der Waals surface area contributed by atoms with E-state index in [1.165, 1.54) is 97.6 Å². The quantitative estimate of drug-likeness (QED) is 0.0237. The molecule has 0 aliphatic carbocycles. The predicted molar refractivity (Wildman–Crippen MR) is 209 cm³/mol. The topological polar surface area (TPSA) is 125 Å². The third-order valence-corrected chi connectivity index (χ3v) is 16.7. The summed E-state index contributed by atoms with van der Waals surface area (Å²) in [5.74, 6) is -57.4. The lowest BCUT2D eigenvalue weighted by atomic mass is 9.88. The van der Waals surface area contributed by atoms with Gasteiger partial charge in [-0.3, -0.25) is 15.3 Å². The molecule has 2 aromatic rings. The summed E-state index contributed by atoms with van der Waals surface area (Å²) >= 11 is 0. The number of anilines is 1. The zero-order valence-electron chi connectivity index (χ0n) is 37.0. The van der Waals surface area contributed by atoms with Gasteiger partial charge in [-0.2, -0.15) is 74.6 Å². The molecule has 68 heavy (non-hydrogen) atoms. The second-order valence-electron chi connectivity index (χ2n) is 15.8. The van der Waals surface area contributed by atoms with Crippen LogP contribution in [0.1, 0.15) is 59.6 Å². The fourth-order valence-electron chi connectivity index (χ4n) is 6.75. The van der Waals surface area contributed by atoms with E-state index in [2.05, 4.69) is 5.32 Å². The van der Waals surface area contributed by atoms with Crippen LogP contribution < -0.4 is 20.3 Å². The maximum atomic E-state index is 15.0. The Kier molecular flexibility index (Phi) is 18.9. The van der Waals surface area contributed by atoms with E-state index < -0.39 is 117 Å². The molecule has 0 radical (unpaired) electrons. The molecule has 3 N–H and O–H groups in total. The van der Waals surface area contributed by atoms with E-state index in [9.17, 15) is 75.4 Å². The Balaban J connectivity index is 2.37. The number of rotatable bonds is 24. The van der Waals surface area contributed by atoms with Gasteiger partial charge in [0, 0.05) is 24.8 Å². The van der Waals surface area contributed by atoms with Crippen molar-refractivity contribution in [1.29, 1.82) is 0 Å². The van der Waals surface area contributed by atoms with Gasteiger partial charge in [0.25, 0.3) is 5.91 Å². The molecular formula is C40H47F17N2O8Si. The van der Waals surface area contributed by atoms with Crippen molar-refractivity contribution in [2.75, 3.05) is 32.8 Å². The van der Waals surface area contributed by atoms with E-state index in [4.69, 9.17) is 28.6 Å². The number of halogens is 17. The fraction of sp³-hybridized carbons (Fsp3) is 0.600. The van der Waals surface area contributed by atoms with Crippen LogP contribution in [0, 0.1) is 0 Å². The normalized spacial score (nSPS) is 15.2. The summed E-state index contributed by atoms with van der Waals surface area (Å²) < 4.78 is 264. The average molecular weight is 1030 g/mol. The minimum Gasteiger partial charge on any atom is -0.497 e. The second kappa shape index (κ2) is 21.6. The number of carbonyl (C=O) groups is 2. The van der Waals surface area contributed by atoms with Gasteiger partial charge < -0.3 is 23.4 Å². The van der Waals surface area contributed by atoms with Gasteiger partial charge in [-0.05, 0) is 78.5 Å². The molecule has 0 aliphatic rings. The van der Waals surface area contributed by atoms with Crippen molar-refractivity contribution >= 4 is 26.0 Å². The molecule has 388 valence electrons. The Morgan fingerprint density at radius 3 is 1.53 bits per heavy atom. The van der Waals surface area contributed by atoms with Crippen LogP contribution >= 0.6 is 0 Å². The first kappa shape index (κ1) is 59.6. The number of amides is 2. The van der Waals surface area contributed by atoms with Crippen LogP contribution in [0.15, 0.2) is 59.7 Å². The first-order valence-electron chi connectivity index (χ1n) is 19.7. The van der Waals surface area contributed by atoms with Gasteiger partial charge in [-0.1, -0.05) is 39.8 Å². The molecule has 0 saturated heterocycles. The number of hydrogen-bond donors (Lipinski definition) is 3. The molecule has 2 amide bonds. The van der Waals surface area contributed by atoms with Crippen LogP contribution in [0.2, 0.25) is 17.1 Å². The van der Waals surface area contributed by atoms with Crippen molar-refractivity contribution in [3.8, 4) is 11.5 Å². The average Bonchev–Trinajstić information content (AvgIpc) is 3.24. The van der Waals surface area contributed by atoms with Gasteiger partial charge >= 0.3 is 53.7 Å². The second-order valence-corrected chi connectivity index (χ2v) is 20.8. The van der Waals surface area contributed by atoms with Gasteiger partial charge in [0.05, 0.1) is 13.7 Å². The molecule has 0 heterocycles. The van der Waals surface area contributed by atoms with Crippen LogP contribution in [0.25, 0.3) is 0 Å². The van der Waals surface area contributed by atoms with Gasteiger partial charge in [0.2, 0.25) is 0 Å². The molecule has 0 aliphatic heterocycles. The van der Waals surface area contributed by atoms with E-state index in [0.717, 1.165) is 0 Å². The van der Waals surface area contributed by atoms with Crippen molar-refractivity contribution in [2.45, 2.75) is 125 Å². The zero-order valence-corrected chi connectivity index (χ0v) is 38.0. The maximum Gasteiger partial charge on any atom is 0.460 e. The van der Waals surface area contributed by atoms with Crippen molar-refractivity contribution in [3.63, 3.8) is 0 Å². The SMILES string of the molecule is COc1ccc(NC(=O)O[C@H](c2ccc(OCCO[Si](CCC(F)(F)C(F)(F)C(F)(F)C(F)(F)C(F)(F)C(F)(F)C(F)(F)C(F)(F)F)(C(C)C)C(C)C)cc2)[C@H](OC)/C(C)=C(\C)C(=O)NO)cc1. The number of benzene rings is 2. The molecule has 0 saturated carbocycles. The van der Waals surface area contributed by atoms with Crippen LogP contribution in [-0.2, 0) is 18.7 Å². The third kappa shape index (κ3) is 11.5. The third-order valence-electron chi connectivity index (χ3n) is 11.1. The molecule has 0 bridgehead atoms.